The van der Waals surface area contributed by atoms with Crippen LogP contribution in [-0.2, 0) is 14.3 Å². The second kappa shape index (κ2) is 9.97. The Morgan fingerprint density at radius 2 is 1.83 bits per heavy atom. The minimum Gasteiger partial charge on any atom is -0.497 e. The molecule has 3 aromatic rings. The number of para-hydroxylation sites is 1. The second-order valence-corrected chi connectivity index (χ2v) is 8.50. The zero-order valence-electron chi connectivity index (χ0n) is 19.9. The third-order valence-corrected chi connectivity index (χ3v) is 6.37. The summed E-state index contributed by atoms with van der Waals surface area (Å²) >= 11 is 0. The number of anilines is 2. The summed E-state index contributed by atoms with van der Waals surface area (Å²) in [5.74, 6) is 1.82. The van der Waals surface area contributed by atoms with Gasteiger partial charge in [0, 0.05) is 37.4 Å². The van der Waals surface area contributed by atoms with Crippen LogP contribution in [0.15, 0.2) is 48.5 Å². The van der Waals surface area contributed by atoms with Crippen molar-refractivity contribution in [3.63, 3.8) is 0 Å². The molecule has 0 saturated carbocycles. The molecule has 0 bridgehead atoms. The van der Waals surface area contributed by atoms with E-state index in [1.54, 1.807) is 32.4 Å². The van der Waals surface area contributed by atoms with Gasteiger partial charge >= 0.3 is 0 Å². The van der Waals surface area contributed by atoms with Crippen molar-refractivity contribution in [1.82, 2.24) is 4.98 Å². The molecule has 2 fully saturated rings. The van der Waals surface area contributed by atoms with E-state index in [4.69, 9.17) is 28.7 Å². The maximum absolute atomic E-state index is 12.6. The van der Waals surface area contributed by atoms with Crippen LogP contribution >= 0.6 is 0 Å². The lowest BCUT2D eigenvalue weighted by Gasteiger charge is -2.38. The molecular weight excluding hydrogens is 450 g/mol. The molecule has 3 heterocycles. The SMILES string of the molecule is COc1ccc(OC)c(NC(=O)COc2cccc3ccc(N4CCC5(CC4)OCCO5)nc23)c1. The number of nitrogens with zero attached hydrogens (tertiary/aromatic N) is 2. The lowest BCUT2D eigenvalue weighted by molar-refractivity contribution is -0.169. The number of piperidine rings is 1. The monoisotopic (exact) mass is 479 g/mol. The highest BCUT2D eigenvalue weighted by molar-refractivity contribution is 5.94. The van der Waals surface area contributed by atoms with E-state index in [-0.39, 0.29) is 12.5 Å². The van der Waals surface area contributed by atoms with Crippen LogP contribution in [0.5, 0.6) is 17.2 Å². The summed E-state index contributed by atoms with van der Waals surface area (Å²) in [5.41, 5.74) is 1.22. The Labute approximate surface area is 203 Å². The summed E-state index contributed by atoms with van der Waals surface area (Å²) in [6, 6.07) is 14.9. The lowest BCUT2D eigenvalue weighted by Crippen LogP contribution is -2.45. The van der Waals surface area contributed by atoms with Gasteiger partial charge in [0.25, 0.3) is 5.91 Å². The molecule has 2 aromatic carbocycles. The zero-order valence-corrected chi connectivity index (χ0v) is 19.9. The number of carbonyl (C=O) groups is 1. The van der Waals surface area contributed by atoms with Crippen LogP contribution < -0.4 is 24.4 Å². The smallest absolute Gasteiger partial charge is 0.262 e. The van der Waals surface area contributed by atoms with Gasteiger partial charge < -0.3 is 33.9 Å². The number of hydrogen-bond acceptors (Lipinski definition) is 8. The number of methoxy groups -OCH3 is 2. The first-order valence-electron chi connectivity index (χ1n) is 11.7. The Hall–Kier alpha value is -3.56. The van der Waals surface area contributed by atoms with Gasteiger partial charge in [-0.1, -0.05) is 12.1 Å². The average Bonchev–Trinajstić information content (AvgIpc) is 3.35. The minimum absolute atomic E-state index is 0.174. The first-order valence-corrected chi connectivity index (χ1v) is 11.7. The van der Waals surface area contributed by atoms with Crippen LogP contribution in [-0.4, -0.2) is 63.8 Å². The van der Waals surface area contributed by atoms with Gasteiger partial charge in [-0.2, -0.15) is 0 Å². The Morgan fingerprint density at radius 1 is 1.03 bits per heavy atom. The van der Waals surface area contributed by atoms with E-state index in [1.165, 1.54) is 0 Å². The highest BCUT2D eigenvalue weighted by atomic mass is 16.7. The molecule has 1 N–H and O–H groups in total. The number of ether oxygens (including phenoxy) is 5. The first-order chi connectivity index (χ1) is 17.1. The van der Waals surface area contributed by atoms with E-state index < -0.39 is 5.79 Å². The number of hydrogen-bond donors (Lipinski definition) is 1. The Balaban J connectivity index is 1.28. The van der Waals surface area contributed by atoms with Crippen LogP contribution in [0.4, 0.5) is 11.5 Å². The molecule has 2 aliphatic heterocycles. The normalized spacial score (nSPS) is 16.9. The number of carbonyl (C=O) groups excluding carboxylic acids is 1. The zero-order chi connectivity index (χ0) is 24.3. The summed E-state index contributed by atoms with van der Waals surface area (Å²) in [6.07, 6.45) is 1.61. The van der Waals surface area contributed by atoms with Gasteiger partial charge in [-0.15, -0.1) is 0 Å². The van der Waals surface area contributed by atoms with Crippen molar-refractivity contribution in [2.45, 2.75) is 18.6 Å². The summed E-state index contributed by atoms with van der Waals surface area (Å²) in [6.45, 7) is 2.74. The first kappa shape index (κ1) is 23.2. The van der Waals surface area contributed by atoms with Crippen molar-refractivity contribution in [3.05, 3.63) is 48.5 Å². The molecule has 5 rings (SSSR count). The summed E-state index contributed by atoms with van der Waals surface area (Å²) in [7, 11) is 3.11. The molecule has 9 heteroatoms. The highest BCUT2D eigenvalue weighted by Crippen LogP contribution is 2.34. The van der Waals surface area contributed by atoms with Crippen LogP contribution in [0, 0.1) is 0 Å². The number of amides is 1. The van der Waals surface area contributed by atoms with Crippen molar-refractivity contribution in [1.29, 1.82) is 0 Å². The fourth-order valence-electron chi connectivity index (χ4n) is 4.51. The van der Waals surface area contributed by atoms with Crippen molar-refractivity contribution < 1.29 is 28.5 Å². The third kappa shape index (κ3) is 4.96. The van der Waals surface area contributed by atoms with Crippen LogP contribution in [0.1, 0.15) is 12.8 Å². The predicted octanol–water partition coefficient (Wildman–Crippen LogP) is 3.61. The van der Waals surface area contributed by atoms with Gasteiger partial charge in [-0.05, 0) is 30.3 Å². The van der Waals surface area contributed by atoms with Gasteiger partial charge in [-0.3, -0.25) is 4.79 Å². The molecule has 9 nitrogen and oxygen atoms in total. The molecule has 0 radical (unpaired) electrons. The Morgan fingerprint density at radius 3 is 2.57 bits per heavy atom. The van der Waals surface area contributed by atoms with E-state index in [9.17, 15) is 4.79 Å². The van der Waals surface area contributed by atoms with Crippen LogP contribution in [0.2, 0.25) is 0 Å². The fraction of sp³-hybridized carbons (Fsp3) is 0.385. The standard InChI is InChI=1S/C26H29N3O6/c1-31-19-7-8-21(32-2)20(16-19)27-24(30)17-33-22-5-3-4-18-6-9-23(28-25(18)22)29-12-10-26(11-13-29)34-14-15-35-26/h3-9,16H,10-15,17H2,1-2H3,(H,27,30). The van der Waals surface area contributed by atoms with Crippen molar-refractivity contribution >= 4 is 28.3 Å². The number of rotatable bonds is 7. The van der Waals surface area contributed by atoms with Crippen LogP contribution in [0.3, 0.4) is 0 Å². The molecule has 1 aromatic heterocycles. The molecule has 1 amide bonds. The van der Waals surface area contributed by atoms with E-state index in [0.29, 0.717) is 41.7 Å². The van der Waals surface area contributed by atoms with Crippen molar-refractivity contribution in [2.24, 2.45) is 0 Å². The summed E-state index contributed by atoms with van der Waals surface area (Å²) in [5, 5.41) is 3.76. The molecule has 184 valence electrons. The molecule has 1 spiro atoms. The van der Waals surface area contributed by atoms with Gasteiger partial charge in [0.15, 0.2) is 12.4 Å². The predicted molar refractivity (Wildman–Crippen MR) is 131 cm³/mol. The maximum atomic E-state index is 12.6. The Bertz CT molecular complexity index is 1200. The molecule has 35 heavy (non-hydrogen) atoms. The van der Waals surface area contributed by atoms with Crippen LogP contribution in [0.25, 0.3) is 10.9 Å². The number of nitrogens with one attached hydrogen (secondary N) is 1. The van der Waals surface area contributed by atoms with E-state index in [2.05, 4.69) is 10.2 Å². The molecule has 2 saturated heterocycles. The number of benzene rings is 2. The van der Waals surface area contributed by atoms with Gasteiger partial charge in [-0.25, -0.2) is 4.98 Å². The fourth-order valence-corrected chi connectivity index (χ4v) is 4.51. The molecule has 2 aliphatic rings. The minimum atomic E-state index is -0.430. The lowest BCUT2D eigenvalue weighted by atomic mass is 10.0. The summed E-state index contributed by atoms with van der Waals surface area (Å²) in [4.78, 5) is 19.7. The van der Waals surface area contributed by atoms with Crippen molar-refractivity contribution in [3.8, 4) is 17.2 Å². The number of aromatic nitrogens is 1. The molecule has 0 atom stereocenters. The van der Waals surface area contributed by atoms with Crippen molar-refractivity contribution in [2.75, 3.05) is 57.3 Å². The largest absolute Gasteiger partial charge is 0.497 e. The van der Waals surface area contributed by atoms with E-state index >= 15 is 0 Å². The maximum Gasteiger partial charge on any atom is 0.262 e. The quantitative estimate of drug-likeness (QED) is 0.550. The average molecular weight is 480 g/mol. The van der Waals surface area contributed by atoms with Gasteiger partial charge in [0.2, 0.25) is 0 Å². The highest BCUT2D eigenvalue weighted by Gasteiger charge is 2.40. The van der Waals surface area contributed by atoms with E-state index in [0.717, 1.165) is 37.1 Å². The Kier molecular flexibility index (Phi) is 6.61. The third-order valence-electron chi connectivity index (χ3n) is 6.37. The van der Waals surface area contributed by atoms with Gasteiger partial charge in [0.05, 0.1) is 33.1 Å². The van der Waals surface area contributed by atoms with E-state index in [1.807, 2.05) is 30.3 Å². The molecule has 0 aliphatic carbocycles. The molecule has 0 unspecified atom stereocenters. The topological polar surface area (TPSA) is 91.4 Å². The molecular formula is C26H29N3O6. The summed E-state index contributed by atoms with van der Waals surface area (Å²) < 4.78 is 28.1. The second-order valence-electron chi connectivity index (χ2n) is 8.50. The van der Waals surface area contributed by atoms with Gasteiger partial charge in [0.1, 0.15) is 28.6 Å². The number of pyridine rings is 1. The number of fused-ring (bicyclic) bond motifs is 1.